The molecule has 4 rings (SSSR count). The van der Waals surface area contributed by atoms with Gasteiger partial charge >= 0.3 is 17.9 Å². The third-order valence-corrected chi connectivity index (χ3v) is 8.27. The van der Waals surface area contributed by atoms with Crippen molar-refractivity contribution in [2.45, 2.75) is 42.4 Å². The largest absolute Gasteiger partial charge is 0.462 e. The van der Waals surface area contributed by atoms with Crippen LogP contribution in [0.3, 0.4) is 0 Å². The molecule has 1 N–H and O–H groups in total. The van der Waals surface area contributed by atoms with E-state index in [1.165, 1.54) is 42.1 Å². The highest BCUT2D eigenvalue weighted by atomic mass is 35.5. The standard InChI is InChI=1S/C32H29ClN2O8S/c1-2-42-31(38)20-7-12-23(13-8-20)34-30(37)26-5-3-4-6-27(26)32(39)43-29(36)18-9-21-19-24(35(40)41)14-17-28(21)44-25-15-10-22(33)11-16-25/h7-19,26-27H,2-6H2,1H3,(H,34,37)/b18-9-. The van der Waals surface area contributed by atoms with Crippen molar-refractivity contribution >= 4 is 64.6 Å². The van der Waals surface area contributed by atoms with E-state index in [0.29, 0.717) is 46.0 Å². The average molecular weight is 637 g/mol. The Kier molecular flexibility index (Phi) is 11.3. The maximum absolute atomic E-state index is 13.1. The minimum absolute atomic E-state index is 0.166. The summed E-state index contributed by atoms with van der Waals surface area (Å²) in [4.78, 5) is 63.0. The van der Waals surface area contributed by atoms with Crippen LogP contribution in [0.2, 0.25) is 5.02 Å². The van der Waals surface area contributed by atoms with Crippen LogP contribution in [-0.4, -0.2) is 35.3 Å². The Bertz CT molecular complexity index is 1570. The predicted molar refractivity (Wildman–Crippen MR) is 165 cm³/mol. The first-order valence-electron chi connectivity index (χ1n) is 13.9. The number of non-ortho nitro benzene ring substituents is 1. The lowest BCUT2D eigenvalue weighted by molar-refractivity contribution is -0.384. The van der Waals surface area contributed by atoms with Crippen molar-refractivity contribution in [1.29, 1.82) is 0 Å². The molecule has 0 heterocycles. The van der Waals surface area contributed by atoms with Crippen LogP contribution >= 0.6 is 23.4 Å². The molecule has 1 aliphatic carbocycles. The first kappa shape index (κ1) is 32.4. The molecule has 2 unspecified atom stereocenters. The van der Waals surface area contributed by atoms with E-state index in [1.54, 1.807) is 49.4 Å². The minimum atomic E-state index is -0.955. The topological polar surface area (TPSA) is 142 Å². The first-order chi connectivity index (χ1) is 21.1. The Hall–Kier alpha value is -4.48. The zero-order chi connectivity index (χ0) is 31.6. The van der Waals surface area contributed by atoms with Crippen LogP contribution < -0.4 is 5.32 Å². The summed E-state index contributed by atoms with van der Waals surface area (Å²) in [6.07, 6.45) is 4.63. The highest BCUT2D eigenvalue weighted by Gasteiger charge is 2.37. The Morgan fingerprint density at radius 2 is 1.68 bits per heavy atom. The molecule has 1 saturated carbocycles. The highest BCUT2D eigenvalue weighted by molar-refractivity contribution is 7.99. The van der Waals surface area contributed by atoms with Gasteiger partial charge in [-0.15, -0.1) is 0 Å². The zero-order valence-corrected chi connectivity index (χ0v) is 25.3. The van der Waals surface area contributed by atoms with Crippen molar-refractivity contribution in [2.75, 3.05) is 11.9 Å². The van der Waals surface area contributed by atoms with Gasteiger partial charge in [-0.1, -0.05) is 36.2 Å². The van der Waals surface area contributed by atoms with E-state index in [-0.39, 0.29) is 18.2 Å². The summed E-state index contributed by atoms with van der Waals surface area (Å²) < 4.78 is 10.1. The van der Waals surface area contributed by atoms with E-state index in [1.807, 2.05) is 0 Å². The van der Waals surface area contributed by atoms with Crippen LogP contribution in [0.5, 0.6) is 0 Å². The van der Waals surface area contributed by atoms with Crippen molar-refractivity contribution in [3.8, 4) is 0 Å². The van der Waals surface area contributed by atoms with Crippen molar-refractivity contribution < 1.29 is 33.6 Å². The van der Waals surface area contributed by atoms with Crippen LogP contribution in [0.4, 0.5) is 11.4 Å². The Balaban J connectivity index is 1.42. The van der Waals surface area contributed by atoms with Crippen LogP contribution in [0.15, 0.2) is 82.6 Å². The van der Waals surface area contributed by atoms with Gasteiger partial charge in [-0.25, -0.2) is 9.59 Å². The van der Waals surface area contributed by atoms with Crippen LogP contribution in [-0.2, 0) is 23.9 Å². The van der Waals surface area contributed by atoms with Gasteiger partial charge in [0.2, 0.25) is 5.91 Å². The molecule has 0 bridgehead atoms. The molecule has 0 aromatic heterocycles. The van der Waals surface area contributed by atoms with Gasteiger partial charge < -0.3 is 14.8 Å². The number of hydrogen-bond donors (Lipinski definition) is 1. The number of anilines is 1. The fourth-order valence-corrected chi connectivity index (χ4v) is 5.77. The second kappa shape index (κ2) is 15.3. The quantitative estimate of drug-likeness (QED) is 0.0810. The van der Waals surface area contributed by atoms with Gasteiger partial charge in [-0.05, 0) is 86.0 Å². The number of nitro benzene ring substituents is 1. The number of halogens is 1. The molecule has 10 nitrogen and oxygen atoms in total. The maximum Gasteiger partial charge on any atom is 0.338 e. The van der Waals surface area contributed by atoms with Gasteiger partial charge in [0.15, 0.2) is 0 Å². The summed E-state index contributed by atoms with van der Waals surface area (Å²) in [5.41, 5.74) is 1.01. The monoisotopic (exact) mass is 636 g/mol. The van der Waals surface area contributed by atoms with E-state index in [4.69, 9.17) is 21.1 Å². The number of hydrogen-bond acceptors (Lipinski definition) is 9. The van der Waals surface area contributed by atoms with Gasteiger partial charge in [0.05, 0.1) is 28.9 Å². The van der Waals surface area contributed by atoms with Gasteiger partial charge in [0, 0.05) is 38.7 Å². The Labute approximate surface area is 262 Å². The third kappa shape index (κ3) is 8.77. The molecule has 228 valence electrons. The normalized spacial score (nSPS) is 16.2. The summed E-state index contributed by atoms with van der Waals surface area (Å²) in [5.74, 6) is -4.17. The summed E-state index contributed by atoms with van der Waals surface area (Å²) in [6, 6.07) is 17.5. The summed E-state index contributed by atoms with van der Waals surface area (Å²) in [6.45, 7) is 1.95. The van der Waals surface area contributed by atoms with E-state index in [2.05, 4.69) is 5.32 Å². The molecule has 0 spiro atoms. The third-order valence-electron chi connectivity index (χ3n) is 6.91. The molecule has 1 fully saturated rings. The molecule has 1 aliphatic rings. The van der Waals surface area contributed by atoms with E-state index >= 15 is 0 Å². The molecule has 2 atom stereocenters. The summed E-state index contributed by atoms with van der Waals surface area (Å²) in [7, 11) is 0. The maximum atomic E-state index is 13.1. The molecular weight excluding hydrogens is 608 g/mol. The van der Waals surface area contributed by atoms with E-state index in [9.17, 15) is 29.3 Å². The summed E-state index contributed by atoms with van der Waals surface area (Å²) >= 11 is 7.28. The first-order valence-corrected chi connectivity index (χ1v) is 15.1. The number of carbonyl (C=O) groups excluding carboxylic acids is 4. The molecular formula is C32H29ClN2O8S. The zero-order valence-electron chi connectivity index (χ0n) is 23.7. The van der Waals surface area contributed by atoms with E-state index < -0.39 is 34.7 Å². The van der Waals surface area contributed by atoms with Crippen molar-refractivity contribution in [3.05, 3.63) is 99.1 Å². The van der Waals surface area contributed by atoms with Gasteiger partial charge in [0.1, 0.15) is 0 Å². The van der Waals surface area contributed by atoms with Gasteiger partial charge in [0.25, 0.3) is 5.69 Å². The number of amides is 1. The van der Waals surface area contributed by atoms with Gasteiger partial charge in [-0.2, -0.15) is 0 Å². The molecule has 12 heteroatoms. The molecule has 0 aliphatic heterocycles. The molecule has 3 aromatic carbocycles. The van der Waals surface area contributed by atoms with Crippen molar-refractivity contribution in [1.82, 2.24) is 0 Å². The number of nitro groups is 1. The van der Waals surface area contributed by atoms with Crippen LogP contribution in [0, 0.1) is 22.0 Å². The van der Waals surface area contributed by atoms with Crippen LogP contribution in [0.25, 0.3) is 6.08 Å². The second-order valence-corrected chi connectivity index (χ2v) is 11.4. The number of rotatable bonds is 10. The van der Waals surface area contributed by atoms with E-state index in [0.717, 1.165) is 17.4 Å². The number of nitrogens with zero attached hydrogens (tertiary/aromatic N) is 1. The molecule has 1 amide bonds. The van der Waals surface area contributed by atoms with Crippen molar-refractivity contribution in [2.24, 2.45) is 11.8 Å². The molecule has 44 heavy (non-hydrogen) atoms. The number of esters is 3. The smallest absolute Gasteiger partial charge is 0.338 e. The van der Waals surface area contributed by atoms with Gasteiger partial charge in [-0.3, -0.25) is 19.7 Å². The van der Waals surface area contributed by atoms with Crippen LogP contribution in [0.1, 0.15) is 48.5 Å². The SMILES string of the molecule is CCOC(=O)c1ccc(NC(=O)C2CCCCC2C(=O)OC(=O)/C=C\c2cc([N+](=O)[O-])ccc2Sc2ccc(Cl)cc2)cc1. The number of nitrogens with one attached hydrogen (secondary N) is 1. The average Bonchev–Trinajstić information content (AvgIpc) is 3.02. The Morgan fingerprint density at radius 3 is 2.34 bits per heavy atom. The molecule has 0 saturated heterocycles. The number of benzene rings is 3. The number of carbonyl (C=O) groups is 4. The second-order valence-electron chi connectivity index (χ2n) is 9.89. The lowest BCUT2D eigenvalue weighted by Crippen LogP contribution is -2.37. The fourth-order valence-electron chi connectivity index (χ4n) is 4.73. The number of ether oxygens (including phenoxy) is 2. The minimum Gasteiger partial charge on any atom is -0.462 e. The predicted octanol–water partition coefficient (Wildman–Crippen LogP) is 7.10. The summed E-state index contributed by atoms with van der Waals surface area (Å²) in [5, 5.41) is 14.7. The lowest BCUT2D eigenvalue weighted by atomic mass is 9.78. The molecule has 0 radical (unpaired) electrons. The van der Waals surface area contributed by atoms with Crippen molar-refractivity contribution in [3.63, 3.8) is 0 Å². The fraction of sp³-hybridized carbons (Fsp3) is 0.250. The Morgan fingerprint density at radius 1 is 1.00 bits per heavy atom. The highest BCUT2D eigenvalue weighted by Crippen LogP contribution is 2.35. The lowest BCUT2D eigenvalue weighted by Gasteiger charge is -2.28. The molecule has 3 aromatic rings.